The lowest BCUT2D eigenvalue weighted by molar-refractivity contribution is -0.122. The molecule has 4 N–H and O–H groups in total. The highest BCUT2D eigenvalue weighted by Gasteiger charge is 2.30. The average molecular weight is 507 g/mol. The molecule has 0 unspecified atom stereocenters. The third-order valence-electron chi connectivity index (χ3n) is 6.71. The third-order valence-corrected chi connectivity index (χ3v) is 6.71. The van der Waals surface area contributed by atoms with Crippen molar-refractivity contribution in [3.05, 3.63) is 35.8 Å². The summed E-state index contributed by atoms with van der Waals surface area (Å²) in [5.41, 5.74) is 5.67. The van der Waals surface area contributed by atoms with Crippen molar-refractivity contribution in [1.29, 1.82) is 0 Å². The topological polar surface area (TPSA) is 120 Å². The summed E-state index contributed by atoms with van der Waals surface area (Å²) in [6.07, 6.45) is 2.99. The number of alkyl halides is 1. The molecule has 3 heterocycles. The van der Waals surface area contributed by atoms with Crippen molar-refractivity contribution in [2.75, 3.05) is 17.2 Å². The Kier molecular flexibility index (Phi) is 6.65. The van der Waals surface area contributed by atoms with Crippen LogP contribution in [-0.2, 0) is 9.53 Å². The summed E-state index contributed by atoms with van der Waals surface area (Å²) in [5, 5.41) is 5.77. The number of halogens is 4. The van der Waals surface area contributed by atoms with Gasteiger partial charge in [-0.25, -0.2) is 27.5 Å². The number of rotatable bonds is 6. The molecule has 2 aromatic heterocycles. The molecule has 1 saturated heterocycles. The van der Waals surface area contributed by atoms with Gasteiger partial charge in [-0.3, -0.25) is 9.36 Å². The highest BCUT2D eigenvalue weighted by atomic mass is 19.2. The number of nitrogens with zero attached hydrogens (tertiary/aromatic N) is 4. The first-order chi connectivity index (χ1) is 17.3. The Morgan fingerprint density at radius 2 is 1.81 bits per heavy atom. The number of aromatic nitrogens is 4. The minimum atomic E-state index is -1.37. The number of fused-ring (bicyclic) bond motifs is 1. The van der Waals surface area contributed by atoms with E-state index in [2.05, 4.69) is 25.6 Å². The number of benzene rings is 1. The maximum absolute atomic E-state index is 14.4. The number of carbonyl (C=O) groups excluding carboxylic acids is 1. The van der Waals surface area contributed by atoms with E-state index in [4.69, 9.17) is 10.5 Å². The molecule has 1 amide bonds. The Hall–Kier alpha value is -3.48. The molecule has 9 nitrogen and oxygen atoms in total. The number of nitrogens with one attached hydrogen (secondary N) is 2. The molecule has 13 heteroatoms. The van der Waals surface area contributed by atoms with Crippen LogP contribution in [0.2, 0.25) is 0 Å². The molecule has 36 heavy (non-hydrogen) atoms. The zero-order valence-electron chi connectivity index (χ0n) is 19.2. The lowest BCUT2D eigenvalue weighted by Gasteiger charge is -2.29. The van der Waals surface area contributed by atoms with Gasteiger partial charge in [0.1, 0.15) is 17.0 Å². The predicted molar refractivity (Wildman–Crippen MR) is 123 cm³/mol. The number of imidazole rings is 1. The number of anilines is 3. The van der Waals surface area contributed by atoms with Crippen LogP contribution in [0.4, 0.5) is 35.1 Å². The van der Waals surface area contributed by atoms with Crippen molar-refractivity contribution >= 4 is 34.7 Å². The molecule has 2 fully saturated rings. The van der Waals surface area contributed by atoms with E-state index >= 15 is 0 Å². The van der Waals surface area contributed by atoms with Crippen LogP contribution in [0.3, 0.4) is 0 Å². The van der Waals surface area contributed by atoms with Crippen LogP contribution in [0.1, 0.15) is 44.6 Å². The Labute approximate surface area is 203 Å². The largest absolute Gasteiger partial charge is 0.369 e. The number of amides is 1. The van der Waals surface area contributed by atoms with Gasteiger partial charge >= 0.3 is 0 Å². The van der Waals surface area contributed by atoms with Gasteiger partial charge in [0.05, 0.1) is 12.8 Å². The quantitative estimate of drug-likeness (QED) is 0.430. The van der Waals surface area contributed by atoms with E-state index < -0.39 is 29.5 Å². The molecule has 0 spiro atoms. The first-order valence-corrected chi connectivity index (χ1v) is 11.8. The molecule has 1 aliphatic heterocycles. The number of primary amides is 1. The second-order valence-corrected chi connectivity index (χ2v) is 9.13. The first kappa shape index (κ1) is 24.2. The van der Waals surface area contributed by atoms with E-state index in [1.165, 1.54) is 6.20 Å². The molecule has 0 bridgehead atoms. The van der Waals surface area contributed by atoms with Crippen molar-refractivity contribution in [2.45, 2.75) is 57.0 Å². The Bertz CT molecular complexity index is 1260. The fourth-order valence-corrected chi connectivity index (χ4v) is 4.85. The molecule has 0 radical (unpaired) electrons. The normalized spacial score (nSPS) is 24.6. The molecule has 3 aromatic rings. The second-order valence-electron chi connectivity index (χ2n) is 9.13. The van der Waals surface area contributed by atoms with Gasteiger partial charge in [0, 0.05) is 36.6 Å². The van der Waals surface area contributed by atoms with E-state index in [9.17, 15) is 22.4 Å². The van der Waals surface area contributed by atoms with Crippen molar-refractivity contribution in [3.8, 4) is 0 Å². The lowest BCUT2D eigenvalue weighted by atomic mass is 9.85. The Balaban J connectivity index is 1.51. The number of hydrogen-bond acceptors (Lipinski definition) is 7. The van der Waals surface area contributed by atoms with Crippen molar-refractivity contribution in [1.82, 2.24) is 19.5 Å². The average Bonchev–Trinajstić information content (AvgIpc) is 3.18. The van der Waals surface area contributed by atoms with Gasteiger partial charge in [-0.1, -0.05) is 0 Å². The summed E-state index contributed by atoms with van der Waals surface area (Å²) >= 11 is 0. The summed E-state index contributed by atoms with van der Waals surface area (Å²) in [7, 11) is 0. The van der Waals surface area contributed by atoms with Gasteiger partial charge in [-0.05, 0) is 32.1 Å². The number of ether oxygens (including phenoxy) is 1. The summed E-state index contributed by atoms with van der Waals surface area (Å²) < 4.78 is 62.5. The molecular formula is C23H25F4N7O2. The van der Waals surface area contributed by atoms with Gasteiger partial charge < -0.3 is 21.1 Å². The minimum Gasteiger partial charge on any atom is -0.369 e. The number of nitrogens with two attached hydrogens (primary N) is 1. The van der Waals surface area contributed by atoms with E-state index in [1.807, 2.05) is 0 Å². The summed E-state index contributed by atoms with van der Waals surface area (Å²) in [4.78, 5) is 24.9. The zero-order chi connectivity index (χ0) is 25.4. The van der Waals surface area contributed by atoms with Crippen LogP contribution in [0, 0.1) is 23.4 Å². The van der Waals surface area contributed by atoms with Gasteiger partial charge in [0.2, 0.25) is 24.2 Å². The van der Waals surface area contributed by atoms with Crippen LogP contribution >= 0.6 is 0 Å². The monoisotopic (exact) mass is 507 g/mol. The Morgan fingerprint density at radius 3 is 2.47 bits per heavy atom. The lowest BCUT2D eigenvalue weighted by Crippen LogP contribution is -2.32. The summed E-state index contributed by atoms with van der Waals surface area (Å²) in [5.74, 6) is -3.55. The smallest absolute Gasteiger partial charge is 0.224 e. The maximum Gasteiger partial charge on any atom is 0.224 e. The molecule has 1 aromatic carbocycles. The van der Waals surface area contributed by atoms with Crippen LogP contribution in [0.15, 0.2) is 18.3 Å². The SMILES string of the molecule is NC(=O)C1CCC(n2c(Nc3c(F)cc(F)cc3F)nc3cnc(N[C@H]4CCO[C@@H](F)C4)nc32)CC1. The molecule has 192 valence electrons. The molecule has 1 saturated carbocycles. The molecule has 1 aliphatic carbocycles. The van der Waals surface area contributed by atoms with Crippen molar-refractivity contribution in [2.24, 2.45) is 11.7 Å². The van der Waals surface area contributed by atoms with E-state index in [0.717, 1.165) is 0 Å². The third kappa shape index (κ3) is 4.92. The molecule has 2 atom stereocenters. The van der Waals surface area contributed by atoms with E-state index in [-0.39, 0.29) is 48.8 Å². The summed E-state index contributed by atoms with van der Waals surface area (Å²) in [6, 6.07) is 0.712. The molecular weight excluding hydrogens is 482 g/mol. The van der Waals surface area contributed by atoms with E-state index in [1.54, 1.807) is 4.57 Å². The fourth-order valence-electron chi connectivity index (χ4n) is 4.85. The molecule has 5 rings (SSSR count). The van der Waals surface area contributed by atoms with Crippen molar-refractivity contribution < 1.29 is 27.1 Å². The van der Waals surface area contributed by atoms with Crippen LogP contribution in [-0.4, -0.2) is 44.4 Å². The van der Waals surface area contributed by atoms with Gasteiger partial charge in [0.15, 0.2) is 17.3 Å². The highest BCUT2D eigenvalue weighted by Crippen LogP contribution is 2.37. The van der Waals surface area contributed by atoms with E-state index in [0.29, 0.717) is 55.4 Å². The highest BCUT2D eigenvalue weighted by molar-refractivity contribution is 5.78. The van der Waals surface area contributed by atoms with Gasteiger partial charge in [-0.2, -0.15) is 4.98 Å². The summed E-state index contributed by atoms with van der Waals surface area (Å²) in [6.45, 7) is 0.269. The minimum absolute atomic E-state index is 0.0956. The van der Waals surface area contributed by atoms with Crippen molar-refractivity contribution in [3.63, 3.8) is 0 Å². The number of hydrogen-bond donors (Lipinski definition) is 3. The first-order valence-electron chi connectivity index (χ1n) is 11.8. The molecule has 2 aliphatic rings. The fraction of sp³-hybridized carbons (Fsp3) is 0.478. The van der Waals surface area contributed by atoms with Gasteiger partial charge in [0.25, 0.3) is 0 Å². The second kappa shape index (κ2) is 9.88. The van der Waals surface area contributed by atoms with Crippen LogP contribution < -0.4 is 16.4 Å². The predicted octanol–water partition coefficient (Wildman–Crippen LogP) is 4.09. The maximum atomic E-state index is 14.4. The van der Waals surface area contributed by atoms with Crippen LogP contribution in [0.25, 0.3) is 11.2 Å². The van der Waals surface area contributed by atoms with Gasteiger partial charge in [-0.15, -0.1) is 0 Å². The zero-order valence-corrected chi connectivity index (χ0v) is 19.2. The standard InChI is InChI=1S/C23H25F4N7O2/c24-12-7-15(25)19(16(26)8-12)32-23-31-17-10-29-22(30-13-5-6-36-18(27)9-13)33-21(17)34(23)14-3-1-11(2-4-14)20(28)35/h7-8,10-11,13-14,18H,1-6,9H2,(H2,28,35)(H,31,32)(H,29,30,33)/t11?,13-,14?,18+/m0/s1. The number of carbonyl (C=O) groups is 1. The Morgan fingerprint density at radius 1 is 1.08 bits per heavy atom. The van der Waals surface area contributed by atoms with Crippen LogP contribution in [0.5, 0.6) is 0 Å².